The Kier molecular flexibility index (Phi) is 3.26. The summed E-state index contributed by atoms with van der Waals surface area (Å²) < 4.78 is 62.7. The minimum atomic E-state index is -4.83. The van der Waals surface area contributed by atoms with Gasteiger partial charge >= 0.3 is 6.36 Å². The van der Waals surface area contributed by atoms with Crippen LogP contribution in [0.5, 0.6) is 5.75 Å². The van der Waals surface area contributed by atoms with Gasteiger partial charge in [0.2, 0.25) is 0 Å². The zero-order chi connectivity index (χ0) is 14.3. The fourth-order valence-electron chi connectivity index (χ4n) is 2.04. The molecule has 106 valence electrons. The lowest BCUT2D eigenvalue weighted by Gasteiger charge is -2.22. The number of benzene rings is 1. The SMILES string of the molecule is O=S1(=O)CCC(O)(c2cccc(OC(F)(F)F)c2)C1. The summed E-state index contributed by atoms with van der Waals surface area (Å²) in [6.45, 7) is 0. The number of hydrogen-bond donors (Lipinski definition) is 1. The fraction of sp³-hybridized carbons (Fsp3) is 0.455. The van der Waals surface area contributed by atoms with Gasteiger partial charge in [-0.2, -0.15) is 0 Å². The molecule has 1 atom stereocenters. The number of sulfone groups is 1. The van der Waals surface area contributed by atoms with Crippen molar-refractivity contribution in [1.82, 2.24) is 0 Å². The van der Waals surface area contributed by atoms with Crippen molar-refractivity contribution in [3.63, 3.8) is 0 Å². The van der Waals surface area contributed by atoms with E-state index in [-0.39, 0.29) is 17.7 Å². The van der Waals surface area contributed by atoms with Crippen molar-refractivity contribution in [1.29, 1.82) is 0 Å². The summed E-state index contributed by atoms with van der Waals surface area (Å²) in [7, 11) is -3.36. The Morgan fingerprint density at radius 1 is 1.32 bits per heavy atom. The zero-order valence-electron chi connectivity index (χ0n) is 9.64. The average Bonchev–Trinajstić information content (AvgIpc) is 2.52. The molecule has 0 spiro atoms. The van der Waals surface area contributed by atoms with Crippen LogP contribution in [-0.4, -0.2) is 31.4 Å². The van der Waals surface area contributed by atoms with Crippen LogP contribution in [0.25, 0.3) is 0 Å². The lowest BCUT2D eigenvalue weighted by molar-refractivity contribution is -0.274. The van der Waals surface area contributed by atoms with E-state index in [4.69, 9.17) is 0 Å². The summed E-state index contributed by atoms with van der Waals surface area (Å²) in [6.07, 6.45) is -4.87. The third-order valence-electron chi connectivity index (χ3n) is 2.89. The van der Waals surface area contributed by atoms with Gasteiger partial charge in [0.15, 0.2) is 9.84 Å². The first-order valence-electron chi connectivity index (χ1n) is 5.39. The van der Waals surface area contributed by atoms with Crippen molar-refractivity contribution in [2.75, 3.05) is 11.5 Å². The van der Waals surface area contributed by atoms with E-state index in [2.05, 4.69) is 4.74 Å². The van der Waals surface area contributed by atoms with Crippen molar-refractivity contribution in [3.05, 3.63) is 29.8 Å². The van der Waals surface area contributed by atoms with Gasteiger partial charge in [-0.15, -0.1) is 13.2 Å². The van der Waals surface area contributed by atoms with Gasteiger partial charge in [-0.25, -0.2) is 8.42 Å². The highest BCUT2D eigenvalue weighted by Gasteiger charge is 2.42. The molecular formula is C11H11F3O4S. The summed E-state index contributed by atoms with van der Waals surface area (Å²) in [4.78, 5) is 0. The number of hydrogen-bond acceptors (Lipinski definition) is 4. The van der Waals surface area contributed by atoms with E-state index in [1.807, 2.05) is 0 Å². The zero-order valence-corrected chi connectivity index (χ0v) is 10.5. The van der Waals surface area contributed by atoms with E-state index in [0.717, 1.165) is 12.1 Å². The van der Waals surface area contributed by atoms with Crippen molar-refractivity contribution >= 4 is 9.84 Å². The highest BCUT2D eigenvalue weighted by molar-refractivity contribution is 7.91. The van der Waals surface area contributed by atoms with Crippen LogP contribution in [0.2, 0.25) is 0 Å². The summed E-state index contributed by atoms with van der Waals surface area (Å²) in [5.41, 5.74) is -1.54. The molecule has 4 nitrogen and oxygen atoms in total. The minimum Gasteiger partial charge on any atom is -0.406 e. The first-order valence-corrected chi connectivity index (χ1v) is 7.21. The molecule has 2 rings (SSSR count). The molecule has 0 radical (unpaired) electrons. The average molecular weight is 296 g/mol. The topological polar surface area (TPSA) is 63.6 Å². The van der Waals surface area contributed by atoms with E-state index in [9.17, 15) is 26.7 Å². The lowest BCUT2D eigenvalue weighted by Crippen LogP contribution is -2.27. The maximum Gasteiger partial charge on any atom is 0.573 e. The van der Waals surface area contributed by atoms with Gasteiger partial charge in [-0.3, -0.25) is 0 Å². The highest BCUT2D eigenvalue weighted by atomic mass is 32.2. The molecule has 0 bridgehead atoms. The third-order valence-corrected chi connectivity index (χ3v) is 4.63. The van der Waals surface area contributed by atoms with Crippen molar-refractivity contribution in [2.45, 2.75) is 18.4 Å². The smallest absolute Gasteiger partial charge is 0.406 e. The Labute approximate surface area is 107 Å². The molecule has 0 amide bonds. The second-order valence-electron chi connectivity index (χ2n) is 4.45. The molecular weight excluding hydrogens is 285 g/mol. The molecule has 0 saturated carbocycles. The second kappa shape index (κ2) is 4.38. The molecule has 1 unspecified atom stereocenters. The Hall–Kier alpha value is -1.28. The van der Waals surface area contributed by atoms with Crippen LogP contribution in [0, 0.1) is 0 Å². The van der Waals surface area contributed by atoms with E-state index in [1.54, 1.807) is 0 Å². The molecule has 1 aromatic rings. The first kappa shape index (κ1) is 14.1. The predicted octanol–water partition coefficient (Wildman–Crippen LogP) is 1.59. The van der Waals surface area contributed by atoms with Crippen LogP contribution in [0.15, 0.2) is 24.3 Å². The summed E-state index contributed by atoms with van der Waals surface area (Å²) in [5.74, 6) is -1.16. The van der Waals surface area contributed by atoms with E-state index in [0.29, 0.717) is 0 Å². The van der Waals surface area contributed by atoms with Crippen LogP contribution in [0.1, 0.15) is 12.0 Å². The first-order chi connectivity index (χ1) is 8.60. The number of ether oxygens (including phenoxy) is 1. The standard InChI is InChI=1S/C11H11F3O4S/c12-11(13,14)18-9-3-1-2-8(6-9)10(15)4-5-19(16,17)7-10/h1-3,6,15H,4-5,7H2. The number of rotatable bonds is 2. The molecule has 1 N–H and O–H groups in total. The van der Waals surface area contributed by atoms with Crippen molar-refractivity contribution < 1.29 is 31.4 Å². The summed E-state index contributed by atoms with van der Waals surface area (Å²) >= 11 is 0. The lowest BCUT2D eigenvalue weighted by atomic mass is 9.93. The molecule has 1 aromatic carbocycles. The van der Waals surface area contributed by atoms with Crippen LogP contribution in [0.4, 0.5) is 13.2 Å². The van der Waals surface area contributed by atoms with Gasteiger partial charge in [0.05, 0.1) is 11.5 Å². The molecule has 19 heavy (non-hydrogen) atoms. The van der Waals surface area contributed by atoms with E-state index < -0.39 is 33.3 Å². The molecule has 1 saturated heterocycles. The van der Waals surface area contributed by atoms with Crippen molar-refractivity contribution in [2.24, 2.45) is 0 Å². The Balaban J connectivity index is 2.29. The van der Waals surface area contributed by atoms with E-state index >= 15 is 0 Å². The van der Waals surface area contributed by atoms with Gasteiger partial charge in [-0.1, -0.05) is 12.1 Å². The summed E-state index contributed by atoms with van der Waals surface area (Å²) in [5, 5.41) is 10.2. The molecule has 1 fully saturated rings. The molecule has 0 aromatic heterocycles. The number of alkyl halides is 3. The monoisotopic (exact) mass is 296 g/mol. The van der Waals surface area contributed by atoms with Gasteiger partial charge in [0, 0.05) is 0 Å². The minimum absolute atomic E-state index is 0.0369. The Morgan fingerprint density at radius 3 is 2.53 bits per heavy atom. The van der Waals surface area contributed by atoms with Crippen molar-refractivity contribution in [3.8, 4) is 5.75 Å². The van der Waals surface area contributed by atoms with Crippen LogP contribution >= 0.6 is 0 Å². The van der Waals surface area contributed by atoms with Gasteiger partial charge in [0.1, 0.15) is 11.4 Å². The molecule has 0 aliphatic carbocycles. The van der Waals surface area contributed by atoms with Gasteiger partial charge in [-0.05, 0) is 24.1 Å². The molecule has 8 heteroatoms. The maximum absolute atomic E-state index is 12.1. The number of aliphatic hydroxyl groups is 1. The number of halogens is 3. The van der Waals surface area contributed by atoms with Gasteiger partial charge < -0.3 is 9.84 Å². The second-order valence-corrected chi connectivity index (χ2v) is 6.63. The van der Waals surface area contributed by atoms with Crippen LogP contribution in [-0.2, 0) is 15.4 Å². The third kappa shape index (κ3) is 3.38. The summed E-state index contributed by atoms with van der Waals surface area (Å²) in [6, 6.07) is 4.75. The molecule has 1 aliphatic heterocycles. The Bertz CT molecular complexity index is 582. The highest BCUT2D eigenvalue weighted by Crippen LogP contribution is 2.35. The van der Waals surface area contributed by atoms with Gasteiger partial charge in [0.25, 0.3) is 0 Å². The van der Waals surface area contributed by atoms with E-state index in [1.165, 1.54) is 12.1 Å². The largest absolute Gasteiger partial charge is 0.573 e. The van der Waals surface area contributed by atoms with Crippen LogP contribution in [0.3, 0.4) is 0 Å². The normalized spacial score (nSPS) is 26.3. The molecule has 1 heterocycles. The maximum atomic E-state index is 12.1. The quantitative estimate of drug-likeness (QED) is 0.900. The van der Waals surface area contributed by atoms with Crippen LogP contribution < -0.4 is 4.74 Å². The molecule has 1 aliphatic rings. The fourth-order valence-corrected chi connectivity index (χ4v) is 3.87. The Morgan fingerprint density at radius 2 is 2.00 bits per heavy atom. The predicted molar refractivity (Wildman–Crippen MR) is 60.3 cm³/mol.